The summed E-state index contributed by atoms with van der Waals surface area (Å²) in [5, 5.41) is 7.65. The van der Waals surface area contributed by atoms with Gasteiger partial charge in [-0.25, -0.2) is 10.3 Å². The highest BCUT2D eigenvalue weighted by Gasteiger charge is 2.22. The minimum Gasteiger partial charge on any atom is -0.282 e. The van der Waals surface area contributed by atoms with Crippen LogP contribution in [-0.2, 0) is 19.8 Å². The van der Waals surface area contributed by atoms with Crippen molar-refractivity contribution in [2.75, 3.05) is 4.41 Å². The summed E-state index contributed by atoms with van der Waals surface area (Å²) in [4.78, 5) is 15.0. The van der Waals surface area contributed by atoms with E-state index in [1.165, 1.54) is 24.3 Å². The van der Waals surface area contributed by atoms with Gasteiger partial charge in [-0.2, -0.15) is 8.42 Å². The van der Waals surface area contributed by atoms with Gasteiger partial charge in [-0.15, -0.1) is 17.2 Å². The summed E-state index contributed by atoms with van der Waals surface area (Å²) >= 11 is 1.08. The van der Waals surface area contributed by atoms with Gasteiger partial charge in [0, 0.05) is 6.08 Å². The van der Waals surface area contributed by atoms with E-state index in [0.29, 0.717) is 9.98 Å². The molecule has 2 rings (SSSR count). The number of anilines is 1. The lowest BCUT2D eigenvalue weighted by molar-refractivity contribution is -0.114. The summed E-state index contributed by atoms with van der Waals surface area (Å²) in [5.74, 6) is 9.65. The summed E-state index contributed by atoms with van der Waals surface area (Å²) in [6.07, 6.45) is 2.62. The molecule has 0 aliphatic rings. The van der Waals surface area contributed by atoms with E-state index in [-0.39, 0.29) is 9.90 Å². The standard InChI is InChI=1S/C13H13N5O4S2/c14-18(24(20,21)13-2-1-9-23-13)11-6-3-10(4-7-11)5-8-12(19)16-17-22-15/h1-9H,14-15H2/b8-5+,17-16?. The number of hydrogen-bond acceptors (Lipinski definition) is 8. The van der Waals surface area contributed by atoms with Gasteiger partial charge in [0.1, 0.15) is 4.21 Å². The number of sulfonamides is 1. The van der Waals surface area contributed by atoms with Crippen molar-refractivity contribution >= 4 is 39.0 Å². The fourth-order valence-corrected chi connectivity index (χ4v) is 3.83. The first-order valence-electron chi connectivity index (χ1n) is 6.38. The van der Waals surface area contributed by atoms with E-state index in [1.54, 1.807) is 23.6 Å². The average Bonchev–Trinajstić information content (AvgIpc) is 3.13. The normalized spacial score (nSPS) is 11.9. The van der Waals surface area contributed by atoms with Crippen molar-refractivity contribution in [3.05, 3.63) is 53.4 Å². The smallest absolute Gasteiger partial charge is 0.282 e. The first kappa shape index (κ1) is 17.7. The van der Waals surface area contributed by atoms with Gasteiger partial charge in [-0.1, -0.05) is 23.3 Å². The van der Waals surface area contributed by atoms with Crippen LogP contribution in [0.2, 0.25) is 0 Å². The molecule has 0 bridgehead atoms. The van der Waals surface area contributed by atoms with Crippen molar-refractivity contribution in [3.63, 3.8) is 0 Å². The molecule has 0 spiro atoms. The van der Waals surface area contributed by atoms with E-state index in [0.717, 1.165) is 17.4 Å². The average molecular weight is 367 g/mol. The van der Waals surface area contributed by atoms with Crippen molar-refractivity contribution in [1.29, 1.82) is 0 Å². The summed E-state index contributed by atoms with van der Waals surface area (Å²) in [5.41, 5.74) is 0.918. The van der Waals surface area contributed by atoms with Crippen LogP contribution in [0.25, 0.3) is 6.08 Å². The molecule has 0 fully saturated rings. The molecule has 0 unspecified atom stereocenters. The number of thiophene rings is 1. The highest BCUT2D eigenvalue weighted by molar-refractivity contribution is 7.94. The van der Waals surface area contributed by atoms with Gasteiger partial charge in [0.2, 0.25) is 0 Å². The van der Waals surface area contributed by atoms with Crippen LogP contribution in [0.15, 0.2) is 62.5 Å². The third kappa shape index (κ3) is 4.23. The molecular weight excluding hydrogens is 354 g/mol. The maximum atomic E-state index is 12.3. The Bertz CT molecular complexity index is 845. The van der Waals surface area contributed by atoms with Gasteiger partial charge in [0.05, 0.1) is 11.0 Å². The molecule has 0 saturated heterocycles. The number of carbonyl (C=O) groups excluding carboxylic acids is 1. The Balaban J connectivity index is 2.13. The Hall–Kier alpha value is -2.60. The zero-order valence-electron chi connectivity index (χ0n) is 12.1. The molecule has 1 aromatic heterocycles. The Morgan fingerprint density at radius 2 is 1.96 bits per heavy atom. The lowest BCUT2D eigenvalue weighted by Gasteiger charge is -2.17. The van der Waals surface area contributed by atoms with E-state index in [2.05, 4.69) is 21.2 Å². The molecule has 1 heterocycles. The molecule has 1 aromatic carbocycles. The molecule has 0 saturated carbocycles. The fraction of sp³-hybridized carbons (Fsp3) is 0. The molecule has 0 atom stereocenters. The lowest BCUT2D eigenvalue weighted by atomic mass is 10.2. The molecule has 9 nitrogen and oxygen atoms in total. The van der Waals surface area contributed by atoms with Crippen molar-refractivity contribution in [3.8, 4) is 0 Å². The van der Waals surface area contributed by atoms with E-state index in [1.807, 2.05) is 0 Å². The van der Waals surface area contributed by atoms with Crippen molar-refractivity contribution < 1.29 is 18.2 Å². The number of nitrogens with zero attached hydrogens (tertiary/aromatic N) is 3. The lowest BCUT2D eigenvalue weighted by Crippen LogP contribution is -2.36. The summed E-state index contributed by atoms with van der Waals surface area (Å²) in [7, 11) is -3.79. The van der Waals surface area contributed by atoms with Crippen LogP contribution in [0.5, 0.6) is 0 Å². The maximum Gasteiger partial charge on any atom is 0.291 e. The number of nitrogens with two attached hydrogens (primary N) is 2. The Kier molecular flexibility index (Phi) is 5.76. The topological polar surface area (TPSA) is 140 Å². The molecule has 11 heteroatoms. The van der Waals surface area contributed by atoms with E-state index in [4.69, 9.17) is 5.84 Å². The van der Waals surface area contributed by atoms with E-state index < -0.39 is 15.9 Å². The predicted molar refractivity (Wildman–Crippen MR) is 88.8 cm³/mol. The van der Waals surface area contributed by atoms with Crippen molar-refractivity contribution in [2.24, 2.45) is 22.1 Å². The minimum atomic E-state index is -3.79. The number of carbonyl (C=O) groups is 1. The molecule has 0 aliphatic carbocycles. The summed E-state index contributed by atoms with van der Waals surface area (Å²) in [6.45, 7) is 0. The van der Waals surface area contributed by atoms with Gasteiger partial charge in [-0.05, 0) is 35.2 Å². The van der Waals surface area contributed by atoms with E-state index in [9.17, 15) is 13.2 Å². The van der Waals surface area contributed by atoms with E-state index >= 15 is 0 Å². The second-order valence-corrected chi connectivity index (χ2v) is 7.27. The Labute approximate surface area is 141 Å². The van der Waals surface area contributed by atoms with Crippen molar-refractivity contribution in [1.82, 2.24) is 0 Å². The number of hydrogen-bond donors (Lipinski definition) is 2. The van der Waals surface area contributed by atoms with Crippen LogP contribution in [0.1, 0.15) is 5.56 Å². The second-order valence-electron chi connectivity index (χ2n) is 4.28. The Morgan fingerprint density at radius 1 is 1.25 bits per heavy atom. The summed E-state index contributed by atoms with van der Waals surface area (Å²) < 4.78 is 25.4. The molecule has 2 aromatic rings. The van der Waals surface area contributed by atoms with Crippen molar-refractivity contribution in [2.45, 2.75) is 4.21 Å². The largest absolute Gasteiger partial charge is 0.291 e. The molecule has 126 valence electrons. The highest BCUT2D eigenvalue weighted by atomic mass is 32.2. The summed E-state index contributed by atoms with van der Waals surface area (Å²) in [6, 6.07) is 9.32. The van der Waals surface area contributed by atoms with Gasteiger partial charge in [-0.3, -0.25) is 9.73 Å². The number of rotatable bonds is 6. The fourth-order valence-electron chi connectivity index (χ4n) is 1.64. The van der Waals surface area contributed by atoms with Crippen LogP contribution >= 0.6 is 11.3 Å². The monoisotopic (exact) mass is 367 g/mol. The highest BCUT2D eigenvalue weighted by Crippen LogP contribution is 2.24. The van der Waals surface area contributed by atoms with Gasteiger partial charge in [0.15, 0.2) is 0 Å². The van der Waals surface area contributed by atoms with Gasteiger partial charge in [0.25, 0.3) is 15.9 Å². The molecule has 1 amide bonds. The van der Waals surface area contributed by atoms with Crippen LogP contribution < -0.4 is 16.2 Å². The third-order valence-corrected chi connectivity index (χ3v) is 5.72. The molecule has 4 N–H and O–H groups in total. The first-order chi connectivity index (χ1) is 11.4. The third-order valence-electron chi connectivity index (χ3n) is 2.76. The van der Waals surface area contributed by atoms with Crippen LogP contribution in [-0.4, -0.2) is 14.3 Å². The Morgan fingerprint density at radius 3 is 2.54 bits per heavy atom. The second kappa shape index (κ2) is 7.79. The SMILES string of the molecule is NON=NC(=O)/C=C/c1ccc(N(N)S(=O)(=O)c2cccs2)cc1. The molecular formula is C13H13N5O4S2. The predicted octanol–water partition coefficient (Wildman–Crippen LogP) is 1.61. The zero-order valence-corrected chi connectivity index (χ0v) is 13.8. The molecule has 0 radical (unpaired) electrons. The molecule has 0 aliphatic heterocycles. The van der Waals surface area contributed by atoms with Gasteiger partial charge >= 0.3 is 0 Å². The number of hydrazine groups is 1. The van der Waals surface area contributed by atoms with Gasteiger partial charge < -0.3 is 0 Å². The zero-order chi connectivity index (χ0) is 17.6. The number of amides is 1. The van der Waals surface area contributed by atoms with Crippen LogP contribution in [0.3, 0.4) is 0 Å². The maximum absolute atomic E-state index is 12.3. The van der Waals surface area contributed by atoms with Crippen LogP contribution in [0, 0.1) is 0 Å². The minimum absolute atomic E-state index is 0.145. The quantitative estimate of drug-likeness (QED) is 0.344. The van der Waals surface area contributed by atoms with Crippen LogP contribution in [0.4, 0.5) is 5.69 Å². The first-order valence-corrected chi connectivity index (χ1v) is 8.69. The number of benzene rings is 1. The molecule has 24 heavy (non-hydrogen) atoms.